The third-order valence-corrected chi connectivity index (χ3v) is 20.3. The number of hydrogen-bond donors (Lipinski definition) is 0. The summed E-state index contributed by atoms with van der Waals surface area (Å²) >= 11 is 4.00. The van der Waals surface area contributed by atoms with Gasteiger partial charge in [-0.2, -0.15) is 0 Å². The van der Waals surface area contributed by atoms with Crippen LogP contribution in [0.5, 0.6) is 0 Å². The van der Waals surface area contributed by atoms with Crippen molar-refractivity contribution >= 4 is 30.8 Å². The molecule has 1 rings (SSSR count). The van der Waals surface area contributed by atoms with Gasteiger partial charge in [0.05, 0.1) is 0 Å². The van der Waals surface area contributed by atoms with Crippen molar-refractivity contribution in [3.05, 3.63) is 0 Å². The summed E-state index contributed by atoms with van der Waals surface area (Å²) < 4.78 is 0. The van der Waals surface area contributed by atoms with E-state index in [1.807, 2.05) is 0 Å². The van der Waals surface area contributed by atoms with Crippen LogP contribution in [0.15, 0.2) is 0 Å². The first-order valence-electron chi connectivity index (χ1n) is 4.72. The Bertz CT molecular complexity index is 121. The second kappa shape index (κ2) is 4.24. The maximum atomic E-state index is 4.00. The van der Waals surface area contributed by atoms with Gasteiger partial charge in [0.25, 0.3) is 0 Å². The van der Waals surface area contributed by atoms with Gasteiger partial charge < -0.3 is 0 Å². The summed E-state index contributed by atoms with van der Waals surface area (Å²) in [5.74, 6) is 0. The molecule has 1 aliphatic heterocycles. The average molecular weight is 250 g/mol. The summed E-state index contributed by atoms with van der Waals surface area (Å²) in [6.45, 7) is 3.91. The van der Waals surface area contributed by atoms with Gasteiger partial charge in [-0.3, -0.25) is 0 Å². The highest BCUT2D eigenvalue weighted by atomic mass is 79.9. The first kappa shape index (κ1) is 10.00. The van der Waals surface area contributed by atoms with Crippen LogP contribution in [0.4, 0.5) is 0 Å². The van der Waals surface area contributed by atoms with Crippen LogP contribution >= 0.6 is 15.3 Å². The predicted octanol–water partition coefficient (Wildman–Crippen LogP) is 3.73. The number of hydrogen-bond acceptors (Lipinski definition) is 0. The van der Waals surface area contributed by atoms with E-state index in [0.29, 0.717) is 0 Å². The molecule has 0 atom stereocenters. The van der Waals surface area contributed by atoms with E-state index in [1.165, 1.54) is 18.9 Å². The SMILES string of the molecule is CCC[Si]1C[Si](Br)(CCC)C1. The van der Waals surface area contributed by atoms with E-state index >= 15 is 0 Å². The fraction of sp³-hybridized carbons (Fsp3) is 1.00. The lowest BCUT2D eigenvalue weighted by atomic mass is 10.6. The van der Waals surface area contributed by atoms with Crippen LogP contribution in [-0.2, 0) is 0 Å². The molecule has 0 N–H and O–H groups in total. The molecule has 0 nitrogen and oxygen atoms in total. The lowest BCUT2D eigenvalue weighted by Gasteiger charge is -2.40. The van der Waals surface area contributed by atoms with E-state index in [0.717, 1.165) is 0 Å². The maximum Gasteiger partial charge on any atom is 0.124 e. The van der Waals surface area contributed by atoms with Crippen LogP contribution in [0.1, 0.15) is 26.7 Å². The van der Waals surface area contributed by atoms with Crippen molar-refractivity contribution in [1.29, 1.82) is 0 Å². The summed E-state index contributed by atoms with van der Waals surface area (Å²) in [6, 6.07) is 3.11. The summed E-state index contributed by atoms with van der Waals surface area (Å²) in [7, 11) is 0.187. The molecule has 0 unspecified atom stereocenters. The molecular weight excluding hydrogens is 232 g/mol. The lowest BCUT2D eigenvalue weighted by Crippen LogP contribution is -2.48. The minimum absolute atomic E-state index is 0.187. The Labute approximate surface area is 81.0 Å². The fourth-order valence-electron chi connectivity index (χ4n) is 2.00. The van der Waals surface area contributed by atoms with Crippen LogP contribution < -0.4 is 0 Å². The Kier molecular flexibility index (Phi) is 3.85. The van der Waals surface area contributed by atoms with Crippen LogP contribution in [0.2, 0.25) is 23.4 Å². The summed E-state index contributed by atoms with van der Waals surface area (Å²) in [6.07, 6.45) is 2.83. The van der Waals surface area contributed by atoms with E-state index in [1.54, 1.807) is 17.4 Å². The highest BCUT2D eigenvalue weighted by Gasteiger charge is 2.43. The standard InChI is InChI=1S/C8H18BrSi2/c1-3-5-10-7-11(9,8-10)6-4-2/h3-8H2,1-2H3. The molecule has 0 amide bonds. The van der Waals surface area contributed by atoms with Crippen LogP contribution in [0, 0.1) is 0 Å². The zero-order valence-electron chi connectivity index (χ0n) is 7.62. The monoisotopic (exact) mass is 249 g/mol. The highest BCUT2D eigenvalue weighted by molar-refractivity contribution is 9.26. The molecule has 1 aliphatic rings. The smallest absolute Gasteiger partial charge is 0.124 e. The quantitative estimate of drug-likeness (QED) is 0.527. The van der Waals surface area contributed by atoms with Gasteiger partial charge in [0.2, 0.25) is 0 Å². The summed E-state index contributed by atoms with van der Waals surface area (Å²) in [5.41, 5.74) is 3.33. The molecule has 0 bridgehead atoms. The van der Waals surface area contributed by atoms with Crippen molar-refractivity contribution in [2.45, 2.75) is 50.1 Å². The second-order valence-electron chi connectivity index (χ2n) is 3.75. The largest absolute Gasteiger partial charge is 0.127 e. The molecule has 0 saturated carbocycles. The van der Waals surface area contributed by atoms with E-state index in [2.05, 4.69) is 29.1 Å². The molecule has 0 aromatic heterocycles. The van der Waals surface area contributed by atoms with Crippen molar-refractivity contribution in [1.82, 2.24) is 0 Å². The van der Waals surface area contributed by atoms with Crippen LogP contribution in [-0.4, -0.2) is 15.5 Å². The molecule has 65 valence electrons. The first-order chi connectivity index (χ1) is 5.20. The van der Waals surface area contributed by atoms with Gasteiger partial charge in [-0.1, -0.05) is 44.1 Å². The normalized spacial score (nSPS) is 23.2. The molecule has 0 spiro atoms. The van der Waals surface area contributed by atoms with Crippen molar-refractivity contribution in [2.24, 2.45) is 0 Å². The minimum atomic E-state index is -0.739. The third kappa shape index (κ3) is 2.70. The Morgan fingerprint density at radius 2 is 1.91 bits per heavy atom. The van der Waals surface area contributed by atoms with Crippen molar-refractivity contribution in [3.8, 4) is 0 Å². The molecule has 1 fully saturated rings. The van der Waals surface area contributed by atoms with Crippen molar-refractivity contribution in [3.63, 3.8) is 0 Å². The molecule has 11 heavy (non-hydrogen) atoms. The minimum Gasteiger partial charge on any atom is -0.127 e. The molecule has 1 heterocycles. The molecular formula is C8H18BrSi2. The van der Waals surface area contributed by atoms with Crippen molar-refractivity contribution in [2.75, 3.05) is 0 Å². The molecule has 1 radical (unpaired) electrons. The van der Waals surface area contributed by atoms with E-state index in [9.17, 15) is 0 Å². The Morgan fingerprint density at radius 3 is 2.36 bits per heavy atom. The molecule has 0 aliphatic carbocycles. The van der Waals surface area contributed by atoms with Crippen molar-refractivity contribution < 1.29 is 0 Å². The van der Waals surface area contributed by atoms with Gasteiger partial charge >= 0.3 is 0 Å². The first-order valence-corrected chi connectivity index (χ1v) is 11.7. The Balaban J connectivity index is 2.15. The number of rotatable bonds is 4. The van der Waals surface area contributed by atoms with E-state index in [-0.39, 0.29) is 8.80 Å². The molecule has 1 saturated heterocycles. The van der Waals surface area contributed by atoms with Gasteiger partial charge in [-0.05, 0) is 6.04 Å². The highest BCUT2D eigenvalue weighted by Crippen LogP contribution is 2.42. The summed E-state index contributed by atoms with van der Waals surface area (Å²) in [4.78, 5) is 0. The molecule has 0 aromatic carbocycles. The zero-order chi connectivity index (χ0) is 8.32. The number of halogens is 1. The van der Waals surface area contributed by atoms with Gasteiger partial charge in [0.1, 0.15) is 6.69 Å². The lowest BCUT2D eigenvalue weighted by molar-refractivity contribution is 1.02. The molecule has 3 heteroatoms. The Morgan fingerprint density at radius 1 is 1.27 bits per heavy atom. The topological polar surface area (TPSA) is 0 Å². The average Bonchev–Trinajstić information content (AvgIpc) is 1.85. The predicted molar refractivity (Wildman–Crippen MR) is 60.2 cm³/mol. The summed E-state index contributed by atoms with van der Waals surface area (Å²) in [5, 5.41) is 0. The van der Waals surface area contributed by atoms with E-state index < -0.39 is 6.69 Å². The van der Waals surface area contributed by atoms with Crippen LogP contribution in [0.25, 0.3) is 0 Å². The molecule has 0 aromatic rings. The fourth-order valence-corrected chi connectivity index (χ4v) is 21.5. The second-order valence-corrected chi connectivity index (χ2v) is 16.4. The van der Waals surface area contributed by atoms with Gasteiger partial charge in [-0.25, -0.2) is 0 Å². The van der Waals surface area contributed by atoms with Gasteiger partial charge in [0.15, 0.2) is 0 Å². The maximum absolute atomic E-state index is 4.00. The van der Waals surface area contributed by atoms with Gasteiger partial charge in [0, 0.05) is 8.80 Å². The van der Waals surface area contributed by atoms with E-state index in [4.69, 9.17) is 0 Å². The van der Waals surface area contributed by atoms with Crippen LogP contribution in [0.3, 0.4) is 0 Å². The third-order valence-electron chi connectivity index (χ3n) is 2.44. The van der Waals surface area contributed by atoms with Gasteiger partial charge in [-0.15, -0.1) is 15.3 Å². The zero-order valence-corrected chi connectivity index (χ0v) is 11.2. The Hall–Kier alpha value is 0.914.